The van der Waals surface area contributed by atoms with Crippen LogP contribution in [0.2, 0.25) is 0 Å². The average molecular weight is 301 g/mol. The van der Waals surface area contributed by atoms with E-state index in [0.717, 1.165) is 28.8 Å². The summed E-state index contributed by atoms with van der Waals surface area (Å²) in [4.78, 5) is 16.4. The number of benzene rings is 1. The van der Waals surface area contributed by atoms with Crippen molar-refractivity contribution in [3.05, 3.63) is 36.2 Å². The first-order valence-corrected chi connectivity index (χ1v) is 7.60. The number of hydrogen-bond donors (Lipinski definition) is 1. The first kappa shape index (κ1) is 13.7. The molecule has 1 aromatic carbocycles. The Balaban J connectivity index is 1.65. The third-order valence-electron chi connectivity index (χ3n) is 2.94. The van der Waals surface area contributed by atoms with E-state index in [1.54, 1.807) is 10.9 Å². The van der Waals surface area contributed by atoms with Crippen molar-refractivity contribution in [2.24, 2.45) is 0 Å². The van der Waals surface area contributed by atoms with Gasteiger partial charge in [-0.3, -0.25) is 4.79 Å². The lowest BCUT2D eigenvalue weighted by Crippen LogP contribution is -2.19. The minimum absolute atomic E-state index is 0.145. The van der Waals surface area contributed by atoms with Crippen LogP contribution in [-0.2, 0) is 17.8 Å². The fraction of sp³-hybridized carbons (Fsp3) is 0.286. The number of aromatic nitrogens is 4. The molecule has 0 radical (unpaired) electrons. The van der Waals surface area contributed by atoms with Crippen LogP contribution in [-0.4, -0.2) is 25.9 Å². The SMILES string of the molecule is CCCc1cn(CC(=O)Nc2nc3ccccc3s2)nn1. The van der Waals surface area contributed by atoms with E-state index in [1.165, 1.54) is 11.3 Å². The van der Waals surface area contributed by atoms with E-state index in [9.17, 15) is 4.79 Å². The topological polar surface area (TPSA) is 72.7 Å². The van der Waals surface area contributed by atoms with E-state index in [4.69, 9.17) is 0 Å². The van der Waals surface area contributed by atoms with Gasteiger partial charge in [0.05, 0.1) is 15.9 Å². The van der Waals surface area contributed by atoms with Crippen LogP contribution in [0.5, 0.6) is 0 Å². The zero-order valence-electron chi connectivity index (χ0n) is 11.6. The second-order valence-electron chi connectivity index (χ2n) is 4.69. The van der Waals surface area contributed by atoms with Crippen LogP contribution in [0.4, 0.5) is 5.13 Å². The van der Waals surface area contributed by atoms with Crippen molar-refractivity contribution >= 4 is 32.6 Å². The van der Waals surface area contributed by atoms with Crippen LogP contribution in [0.25, 0.3) is 10.2 Å². The van der Waals surface area contributed by atoms with Crippen LogP contribution in [0.1, 0.15) is 19.0 Å². The standard InChI is InChI=1S/C14H15N5OS/c1-2-5-10-8-19(18-17-10)9-13(20)16-14-15-11-6-3-4-7-12(11)21-14/h3-4,6-8H,2,5,9H2,1H3,(H,15,16,20). The van der Waals surface area contributed by atoms with Gasteiger partial charge >= 0.3 is 0 Å². The Morgan fingerprint density at radius 3 is 3.05 bits per heavy atom. The number of thiazole rings is 1. The first-order chi connectivity index (χ1) is 10.2. The Morgan fingerprint density at radius 1 is 1.38 bits per heavy atom. The number of anilines is 1. The normalized spacial score (nSPS) is 10.9. The Labute approximate surface area is 125 Å². The lowest BCUT2D eigenvalue weighted by atomic mass is 10.3. The molecule has 2 heterocycles. The zero-order valence-corrected chi connectivity index (χ0v) is 12.4. The van der Waals surface area contributed by atoms with Crippen LogP contribution >= 0.6 is 11.3 Å². The summed E-state index contributed by atoms with van der Waals surface area (Å²) in [6.07, 6.45) is 3.69. The number of nitrogens with zero attached hydrogens (tertiary/aromatic N) is 4. The second-order valence-corrected chi connectivity index (χ2v) is 5.72. The summed E-state index contributed by atoms with van der Waals surface area (Å²) in [5.74, 6) is -0.151. The number of aryl methyl sites for hydroxylation is 1. The molecule has 108 valence electrons. The molecule has 0 aliphatic heterocycles. The number of carbonyl (C=O) groups excluding carboxylic acids is 1. The first-order valence-electron chi connectivity index (χ1n) is 6.79. The van der Waals surface area contributed by atoms with E-state index in [-0.39, 0.29) is 12.5 Å². The molecule has 0 saturated carbocycles. The van der Waals surface area contributed by atoms with Gasteiger partial charge in [0.25, 0.3) is 0 Å². The van der Waals surface area contributed by atoms with E-state index in [1.807, 2.05) is 24.3 Å². The third kappa shape index (κ3) is 3.25. The molecule has 0 saturated heterocycles. The number of fused-ring (bicyclic) bond motifs is 1. The van der Waals surface area contributed by atoms with Gasteiger partial charge in [0.2, 0.25) is 5.91 Å². The fourth-order valence-electron chi connectivity index (χ4n) is 2.02. The molecule has 21 heavy (non-hydrogen) atoms. The number of rotatable bonds is 5. The van der Waals surface area contributed by atoms with Gasteiger partial charge in [-0.1, -0.05) is 42.0 Å². The van der Waals surface area contributed by atoms with Crippen LogP contribution in [0.15, 0.2) is 30.5 Å². The fourth-order valence-corrected chi connectivity index (χ4v) is 2.90. The van der Waals surface area contributed by atoms with Gasteiger partial charge in [0.1, 0.15) is 6.54 Å². The summed E-state index contributed by atoms with van der Waals surface area (Å²) in [6.45, 7) is 2.23. The number of carbonyl (C=O) groups is 1. The van der Waals surface area contributed by atoms with Crippen molar-refractivity contribution in [3.8, 4) is 0 Å². The lowest BCUT2D eigenvalue weighted by molar-refractivity contribution is -0.116. The summed E-state index contributed by atoms with van der Waals surface area (Å²) >= 11 is 1.46. The van der Waals surface area contributed by atoms with Crippen molar-refractivity contribution in [1.82, 2.24) is 20.0 Å². The Kier molecular flexibility index (Phi) is 3.92. The summed E-state index contributed by atoms with van der Waals surface area (Å²) in [6, 6.07) is 7.79. The van der Waals surface area contributed by atoms with Crippen molar-refractivity contribution in [3.63, 3.8) is 0 Å². The number of nitrogens with one attached hydrogen (secondary N) is 1. The Bertz CT molecular complexity index is 730. The number of hydrogen-bond acceptors (Lipinski definition) is 5. The highest BCUT2D eigenvalue weighted by Gasteiger charge is 2.09. The molecule has 0 aliphatic carbocycles. The quantitative estimate of drug-likeness (QED) is 0.785. The van der Waals surface area contributed by atoms with E-state index in [2.05, 4.69) is 27.5 Å². The molecule has 2 aromatic heterocycles. The van der Waals surface area contributed by atoms with Gasteiger partial charge in [0, 0.05) is 6.20 Å². The van der Waals surface area contributed by atoms with Gasteiger partial charge in [-0.2, -0.15) is 0 Å². The molecule has 0 spiro atoms. The smallest absolute Gasteiger partial charge is 0.247 e. The molecule has 0 atom stereocenters. The van der Waals surface area contributed by atoms with Gasteiger partial charge in [-0.15, -0.1) is 5.10 Å². The third-order valence-corrected chi connectivity index (χ3v) is 3.89. The molecule has 0 aliphatic rings. The van der Waals surface area contributed by atoms with Crippen molar-refractivity contribution in [1.29, 1.82) is 0 Å². The van der Waals surface area contributed by atoms with Gasteiger partial charge < -0.3 is 5.32 Å². The van der Waals surface area contributed by atoms with E-state index < -0.39 is 0 Å². The Hall–Kier alpha value is -2.28. The van der Waals surface area contributed by atoms with Crippen LogP contribution < -0.4 is 5.32 Å². The molecule has 1 amide bonds. The van der Waals surface area contributed by atoms with Crippen LogP contribution in [0.3, 0.4) is 0 Å². The largest absolute Gasteiger partial charge is 0.300 e. The molecule has 0 bridgehead atoms. The Morgan fingerprint density at radius 2 is 2.24 bits per heavy atom. The molecule has 0 fully saturated rings. The molecule has 0 unspecified atom stereocenters. The van der Waals surface area contributed by atoms with Gasteiger partial charge in [0.15, 0.2) is 5.13 Å². The maximum absolute atomic E-state index is 12.0. The van der Waals surface area contributed by atoms with Crippen LogP contribution in [0, 0.1) is 0 Å². The van der Waals surface area contributed by atoms with Gasteiger partial charge in [-0.25, -0.2) is 9.67 Å². The molecular weight excluding hydrogens is 286 g/mol. The minimum Gasteiger partial charge on any atom is -0.300 e. The zero-order chi connectivity index (χ0) is 14.7. The van der Waals surface area contributed by atoms with E-state index >= 15 is 0 Å². The summed E-state index contributed by atoms with van der Waals surface area (Å²) in [5.41, 5.74) is 1.80. The summed E-state index contributed by atoms with van der Waals surface area (Å²) in [5, 5.41) is 11.4. The van der Waals surface area contributed by atoms with Crippen molar-refractivity contribution in [2.75, 3.05) is 5.32 Å². The predicted molar refractivity (Wildman–Crippen MR) is 82.3 cm³/mol. The molecule has 3 aromatic rings. The molecule has 6 nitrogen and oxygen atoms in total. The monoisotopic (exact) mass is 301 g/mol. The molecular formula is C14H15N5OS. The summed E-state index contributed by atoms with van der Waals surface area (Å²) in [7, 11) is 0. The minimum atomic E-state index is -0.151. The molecule has 3 rings (SSSR count). The number of para-hydroxylation sites is 1. The highest BCUT2D eigenvalue weighted by atomic mass is 32.1. The van der Waals surface area contributed by atoms with Gasteiger partial charge in [-0.05, 0) is 18.6 Å². The highest BCUT2D eigenvalue weighted by Crippen LogP contribution is 2.25. The molecule has 1 N–H and O–H groups in total. The van der Waals surface area contributed by atoms with Crippen molar-refractivity contribution < 1.29 is 4.79 Å². The second kappa shape index (κ2) is 6.01. The maximum atomic E-state index is 12.0. The summed E-state index contributed by atoms with van der Waals surface area (Å²) < 4.78 is 2.60. The maximum Gasteiger partial charge on any atom is 0.247 e. The van der Waals surface area contributed by atoms with Crippen molar-refractivity contribution in [2.45, 2.75) is 26.3 Å². The predicted octanol–water partition coefficient (Wildman–Crippen LogP) is 2.48. The number of amides is 1. The lowest BCUT2D eigenvalue weighted by Gasteiger charge is -2.00. The highest BCUT2D eigenvalue weighted by molar-refractivity contribution is 7.22. The van der Waals surface area contributed by atoms with E-state index in [0.29, 0.717) is 5.13 Å². The average Bonchev–Trinajstić information content (AvgIpc) is 3.05. The molecule has 7 heteroatoms.